The van der Waals surface area contributed by atoms with E-state index in [1.165, 1.54) is 0 Å². The Labute approximate surface area is 111 Å². The lowest BCUT2D eigenvalue weighted by Crippen LogP contribution is -2.28. The summed E-state index contributed by atoms with van der Waals surface area (Å²) in [5.74, 6) is -0.151. The molecule has 88 valence electrons. The third-order valence-corrected chi connectivity index (χ3v) is 2.60. The fourth-order valence-electron chi connectivity index (χ4n) is 1.19. The van der Waals surface area contributed by atoms with Gasteiger partial charge < -0.3 is 4.42 Å². The predicted octanol–water partition coefficient (Wildman–Crippen LogP) is 3.45. The molecule has 1 aromatic carbocycles. The minimum atomic E-state index is -0.365. The molecule has 0 bridgehead atoms. The van der Waals surface area contributed by atoms with Gasteiger partial charge in [-0.2, -0.15) is 0 Å². The average Bonchev–Trinajstić information content (AvgIpc) is 2.73. The Bertz CT molecular complexity index is 542. The standard InChI is InChI=1S/C11H8BrClN2O2/c12-10-5-4-9(17-10)11(16)15-14-8-3-1-2-7(13)6-8/h1-6,14H,(H,15,16). The van der Waals surface area contributed by atoms with Crippen LogP contribution in [0.25, 0.3) is 0 Å². The highest BCUT2D eigenvalue weighted by Crippen LogP contribution is 2.15. The molecule has 0 spiro atoms. The molecule has 2 rings (SSSR count). The largest absolute Gasteiger partial charge is 0.444 e. The van der Waals surface area contributed by atoms with E-state index in [1.807, 2.05) is 0 Å². The second-order valence-corrected chi connectivity index (χ2v) is 4.41. The minimum Gasteiger partial charge on any atom is -0.444 e. The maximum absolute atomic E-state index is 11.6. The maximum Gasteiger partial charge on any atom is 0.305 e. The van der Waals surface area contributed by atoms with Crippen LogP contribution in [-0.4, -0.2) is 5.91 Å². The fraction of sp³-hybridized carbons (Fsp3) is 0. The highest BCUT2D eigenvalue weighted by molar-refractivity contribution is 9.10. The summed E-state index contributed by atoms with van der Waals surface area (Å²) in [5, 5.41) is 0.588. The van der Waals surface area contributed by atoms with Gasteiger partial charge in [0.15, 0.2) is 10.4 Å². The molecule has 0 aliphatic heterocycles. The first-order valence-electron chi connectivity index (χ1n) is 4.72. The van der Waals surface area contributed by atoms with Crippen LogP contribution in [-0.2, 0) is 0 Å². The molecule has 0 radical (unpaired) electrons. The molecule has 2 N–H and O–H groups in total. The van der Waals surface area contributed by atoms with Gasteiger partial charge in [-0.15, -0.1) is 0 Å². The lowest BCUT2D eigenvalue weighted by atomic mass is 10.3. The Morgan fingerprint density at radius 3 is 2.76 bits per heavy atom. The molecule has 0 saturated heterocycles. The van der Waals surface area contributed by atoms with E-state index in [9.17, 15) is 4.79 Å². The summed E-state index contributed by atoms with van der Waals surface area (Å²) in [6.07, 6.45) is 0. The Kier molecular flexibility index (Phi) is 3.71. The second-order valence-electron chi connectivity index (χ2n) is 3.19. The van der Waals surface area contributed by atoms with Crippen LogP contribution in [0, 0.1) is 0 Å². The molecule has 17 heavy (non-hydrogen) atoms. The van der Waals surface area contributed by atoms with Gasteiger partial charge in [-0.3, -0.25) is 15.6 Å². The molecule has 1 heterocycles. The van der Waals surface area contributed by atoms with Gasteiger partial charge in [0.25, 0.3) is 0 Å². The van der Waals surface area contributed by atoms with E-state index >= 15 is 0 Å². The number of carbonyl (C=O) groups is 1. The van der Waals surface area contributed by atoms with Crippen molar-refractivity contribution >= 4 is 39.1 Å². The van der Waals surface area contributed by atoms with Crippen LogP contribution >= 0.6 is 27.5 Å². The predicted molar refractivity (Wildman–Crippen MR) is 68.9 cm³/mol. The Morgan fingerprint density at radius 2 is 2.12 bits per heavy atom. The smallest absolute Gasteiger partial charge is 0.305 e. The number of hydrogen-bond acceptors (Lipinski definition) is 3. The van der Waals surface area contributed by atoms with Gasteiger partial charge in [0.05, 0.1) is 5.69 Å². The quantitative estimate of drug-likeness (QED) is 0.853. The summed E-state index contributed by atoms with van der Waals surface area (Å²) >= 11 is 8.92. The summed E-state index contributed by atoms with van der Waals surface area (Å²) in [4.78, 5) is 11.6. The molecule has 0 saturated carbocycles. The number of anilines is 1. The first kappa shape index (κ1) is 12.0. The fourth-order valence-corrected chi connectivity index (χ4v) is 1.69. The van der Waals surface area contributed by atoms with Crippen molar-refractivity contribution in [2.45, 2.75) is 0 Å². The molecule has 1 aromatic heterocycles. The number of hydrogen-bond donors (Lipinski definition) is 2. The Hall–Kier alpha value is -1.46. The number of rotatable bonds is 3. The molecular formula is C11H8BrClN2O2. The summed E-state index contributed by atoms with van der Waals surface area (Å²) in [7, 11) is 0. The topological polar surface area (TPSA) is 54.3 Å². The van der Waals surface area contributed by atoms with Crippen LogP contribution in [0.15, 0.2) is 45.5 Å². The zero-order valence-electron chi connectivity index (χ0n) is 8.54. The molecular weight excluding hydrogens is 307 g/mol. The second kappa shape index (κ2) is 5.25. The SMILES string of the molecule is O=C(NNc1cccc(Cl)c1)c1ccc(Br)o1. The van der Waals surface area contributed by atoms with Crippen molar-refractivity contribution in [2.24, 2.45) is 0 Å². The summed E-state index contributed by atoms with van der Waals surface area (Å²) in [6, 6.07) is 10.2. The Morgan fingerprint density at radius 1 is 1.29 bits per heavy atom. The van der Waals surface area contributed by atoms with E-state index in [4.69, 9.17) is 16.0 Å². The molecule has 0 unspecified atom stereocenters. The van der Waals surface area contributed by atoms with Gasteiger partial charge in [-0.25, -0.2) is 0 Å². The van der Waals surface area contributed by atoms with Gasteiger partial charge in [0.1, 0.15) is 0 Å². The number of carbonyl (C=O) groups excluding carboxylic acids is 1. The van der Waals surface area contributed by atoms with E-state index in [1.54, 1.807) is 36.4 Å². The van der Waals surface area contributed by atoms with Gasteiger partial charge in [0, 0.05) is 5.02 Å². The van der Waals surface area contributed by atoms with Crippen molar-refractivity contribution in [3.63, 3.8) is 0 Å². The van der Waals surface area contributed by atoms with E-state index in [2.05, 4.69) is 26.8 Å². The number of benzene rings is 1. The molecule has 2 aromatic rings. The van der Waals surface area contributed by atoms with Gasteiger partial charge in [0.2, 0.25) is 0 Å². The van der Waals surface area contributed by atoms with Crippen molar-refractivity contribution in [1.29, 1.82) is 0 Å². The summed E-state index contributed by atoms with van der Waals surface area (Å²) in [5.41, 5.74) is 5.92. The van der Waals surface area contributed by atoms with Crippen LogP contribution in [0.3, 0.4) is 0 Å². The van der Waals surface area contributed by atoms with Crippen molar-refractivity contribution < 1.29 is 9.21 Å². The minimum absolute atomic E-state index is 0.214. The van der Waals surface area contributed by atoms with Crippen LogP contribution in [0.5, 0.6) is 0 Å². The third-order valence-electron chi connectivity index (χ3n) is 1.94. The van der Waals surface area contributed by atoms with E-state index < -0.39 is 0 Å². The zero-order valence-corrected chi connectivity index (χ0v) is 10.9. The van der Waals surface area contributed by atoms with E-state index in [0.717, 1.165) is 0 Å². The van der Waals surface area contributed by atoms with Crippen LogP contribution in [0.1, 0.15) is 10.6 Å². The maximum atomic E-state index is 11.6. The van der Waals surface area contributed by atoms with E-state index in [0.29, 0.717) is 15.4 Å². The summed E-state index contributed by atoms with van der Waals surface area (Å²) < 4.78 is 5.60. The highest BCUT2D eigenvalue weighted by Gasteiger charge is 2.09. The lowest BCUT2D eigenvalue weighted by Gasteiger charge is -2.06. The number of hydrazine groups is 1. The van der Waals surface area contributed by atoms with Gasteiger partial charge in [-0.05, 0) is 46.3 Å². The van der Waals surface area contributed by atoms with Crippen molar-refractivity contribution in [2.75, 3.05) is 5.43 Å². The van der Waals surface area contributed by atoms with Crippen LogP contribution < -0.4 is 10.9 Å². The van der Waals surface area contributed by atoms with Crippen LogP contribution in [0.2, 0.25) is 5.02 Å². The number of furan rings is 1. The van der Waals surface area contributed by atoms with Crippen molar-refractivity contribution in [3.8, 4) is 0 Å². The molecule has 4 nitrogen and oxygen atoms in total. The van der Waals surface area contributed by atoms with Gasteiger partial charge >= 0.3 is 5.91 Å². The molecule has 0 atom stereocenters. The first-order chi connectivity index (χ1) is 8.15. The highest BCUT2D eigenvalue weighted by atomic mass is 79.9. The normalized spacial score (nSPS) is 10.0. The average molecular weight is 316 g/mol. The monoisotopic (exact) mass is 314 g/mol. The Balaban J connectivity index is 1.97. The number of amides is 1. The first-order valence-corrected chi connectivity index (χ1v) is 5.89. The number of nitrogens with one attached hydrogen (secondary N) is 2. The van der Waals surface area contributed by atoms with Crippen molar-refractivity contribution in [1.82, 2.24) is 5.43 Å². The third kappa shape index (κ3) is 3.25. The zero-order chi connectivity index (χ0) is 12.3. The molecule has 0 aliphatic carbocycles. The van der Waals surface area contributed by atoms with Crippen molar-refractivity contribution in [3.05, 3.63) is 51.9 Å². The molecule has 1 amide bonds. The molecule has 0 aliphatic rings. The van der Waals surface area contributed by atoms with E-state index in [-0.39, 0.29) is 11.7 Å². The van der Waals surface area contributed by atoms with Gasteiger partial charge in [-0.1, -0.05) is 17.7 Å². The number of halogens is 2. The lowest BCUT2D eigenvalue weighted by molar-refractivity contribution is 0.0934. The van der Waals surface area contributed by atoms with Crippen LogP contribution in [0.4, 0.5) is 5.69 Å². The summed E-state index contributed by atoms with van der Waals surface area (Å²) in [6.45, 7) is 0. The molecule has 0 fully saturated rings. The molecule has 6 heteroatoms.